The normalized spacial score (nSPS) is 39.5. The number of rotatable bonds is 7. The van der Waals surface area contributed by atoms with Crippen LogP contribution in [0.2, 0.25) is 0 Å². The highest BCUT2D eigenvalue weighted by Crippen LogP contribution is 2.60. The maximum atomic E-state index is 10.1. The van der Waals surface area contributed by atoms with Gasteiger partial charge in [-0.05, 0) is 84.7 Å². The predicted molar refractivity (Wildman–Crippen MR) is 129 cm³/mol. The largest absolute Gasteiger partial charge is 0.396 e. The molecule has 3 aliphatic rings. The van der Waals surface area contributed by atoms with Gasteiger partial charge >= 0.3 is 0 Å². The van der Waals surface area contributed by atoms with Gasteiger partial charge in [-0.15, -0.1) is 0 Å². The number of aliphatic hydroxyl groups is 3. The van der Waals surface area contributed by atoms with Crippen LogP contribution in [-0.4, -0.2) is 34.1 Å². The summed E-state index contributed by atoms with van der Waals surface area (Å²) in [4.78, 5) is 0. The van der Waals surface area contributed by atoms with Gasteiger partial charge in [0.1, 0.15) is 0 Å². The molecule has 31 heavy (non-hydrogen) atoms. The van der Waals surface area contributed by atoms with E-state index in [1.165, 1.54) is 44.9 Å². The summed E-state index contributed by atoms with van der Waals surface area (Å²) >= 11 is 0. The van der Waals surface area contributed by atoms with Crippen molar-refractivity contribution in [2.75, 3.05) is 6.61 Å². The Balaban J connectivity index is 1.70. The standard InChI is InChI=1S/C28H46O3/c1-18(20(3)17-29)8-9-19(2)25-12-13-26-22(7-6-14-28(25,26)5)10-11-23-15-24(30)16-27(31)21(23)4/h10-11,18-20,24-27,29-31H,4,6-9,12-17H2,1-3,5H3/b22-10+,23-11-/t18-,19+,20?,24+,25+,26-,27-,28+/m0/s1. The molecule has 3 fully saturated rings. The second kappa shape index (κ2) is 10.4. The number of hydrogen-bond acceptors (Lipinski definition) is 3. The lowest BCUT2D eigenvalue weighted by Crippen LogP contribution is -2.36. The Morgan fingerprint density at radius 2 is 1.84 bits per heavy atom. The van der Waals surface area contributed by atoms with E-state index in [1.807, 2.05) is 0 Å². The zero-order valence-corrected chi connectivity index (χ0v) is 20.3. The molecule has 1 unspecified atom stereocenters. The molecule has 8 atom stereocenters. The third-order valence-corrected chi connectivity index (χ3v) is 9.33. The molecule has 0 spiro atoms. The van der Waals surface area contributed by atoms with Crippen molar-refractivity contribution in [1.29, 1.82) is 0 Å². The predicted octanol–water partition coefficient (Wildman–Crippen LogP) is 5.81. The van der Waals surface area contributed by atoms with E-state index >= 15 is 0 Å². The second-order valence-electron chi connectivity index (χ2n) is 11.4. The van der Waals surface area contributed by atoms with E-state index in [9.17, 15) is 15.3 Å². The molecule has 3 rings (SSSR count). The fourth-order valence-corrected chi connectivity index (χ4v) is 6.87. The third-order valence-electron chi connectivity index (χ3n) is 9.33. The molecule has 3 aliphatic carbocycles. The van der Waals surface area contributed by atoms with Crippen LogP contribution in [0, 0.1) is 35.0 Å². The van der Waals surface area contributed by atoms with E-state index in [-0.39, 0.29) is 0 Å². The van der Waals surface area contributed by atoms with Crippen molar-refractivity contribution < 1.29 is 15.3 Å². The van der Waals surface area contributed by atoms with Crippen molar-refractivity contribution >= 4 is 0 Å². The molecule has 0 heterocycles. The third kappa shape index (κ3) is 5.37. The lowest BCUT2D eigenvalue weighted by Gasteiger charge is -2.44. The van der Waals surface area contributed by atoms with Crippen LogP contribution in [0.5, 0.6) is 0 Å². The molecule has 3 saturated carbocycles. The quantitative estimate of drug-likeness (QED) is 0.478. The minimum Gasteiger partial charge on any atom is -0.396 e. The summed E-state index contributed by atoms with van der Waals surface area (Å²) in [6, 6.07) is 0. The van der Waals surface area contributed by atoms with Crippen molar-refractivity contribution in [3.05, 3.63) is 35.5 Å². The van der Waals surface area contributed by atoms with Crippen LogP contribution in [-0.2, 0) is 0 Å². The molecule has 0 aliphatic heterocycles. The summed E-state index contributed by atoms with van der Waals surface area (Å²) in [5, 5.41) is 29.7. The van der Waals surface area contributed by atoms with Crippen LogP contribution in [0.15, 0.2) is 35.5 Å². The molecule has 0 radical (unpaired) electrons. The van der Waals surface area contributed by atoms with E-state index in [0.29, 0.717) is 42.6 Å². The summed E-state index contributed by atoms with van der Waals surface area (Å²) in [5.74, 6) is 3.14. The first-order chi connectivity index (χ1) is 14.7. The molecular weight excluding hydrogens is 384 g/mol. The van der Waals surface area contributed by atoms with Gasteiger partial charge in [0.2, 0.25) is 0 Å². The summed E-state index contributed by atoms with van der Waals surface area (Å²) in [6.45, 7) is 13.8. The topological polar surface area (TPSA) is 60.7 Å². The summed E-state index contributed by atoms with van der Waals surface area (Å²) in [7, 11) is 0. The zero-order chi connectivity index (χ0) is 22.8. The first-order valence-corrected chi connectivity index (χ1v) is 12.7. The lowest BCUT2D eigenvalue weighted by molar-refractivity contribution is 0.0860. The minimum atomic E-state index is -0.613. The van der Waals surface area contributed by atoms with E-state index in [4.69, 9.17) is 0 Å². The Morgan fingerprint density at radius 3 is 2.55 bits per heavy atom. The molecule has 3 N–H and O–H groups in total. The molecule has 0 aromatic heterocycles. The average molecular weight is 431 g/mol. The summed E-state index contributed by atoms with van der Waals surface area (Å²) < 4.78 is 0. The Labute approximate surface area is 190 Å². The second-order valence-corrected chi connectivity index (χ2v) is 11.4. The molecular formula is C28H46O3. The smallest absolute Gasteiger partial charge is 0.0811 e. The van der Waals surface area contributed by atoms with Gasteiger partial charge in [0, 0.05) is 13.0 Å². The number of allylic oxidation sites excluding steroid dienone is 3. The van der Waals surface area contributed by atoms with Crippen LogP contribution >= 0.6 is 0 Å². The van der Waals surface area contributed by atoms with Crippen LogP contribution in [0.25, 0.3) is 0 Å². The van der Waals surface area contributed by atoms with E-state index in [0.717, 1.165) is 23.0 Å². The lowest BCUT2D eigenvalue weighted by atomic mass is 9.60. The van der Waals surface area contributed by atoms with Gasteiger partial charge in [-0.3, -0.25) is 0 Å². The SMILES string of the molecule is C=C1/C(=C\C=C2/CCC[C@]3(C)[C@@H]([C@H](C)CC[C@H](C)C(C)CO)CC[C@@H]23)C[C@@H](O)C[C@@H]1O. The fourth-order valence-electron chi connectivity index (χ4n) is 6.87. The highest BCUT2D eigenvalue weighted by atomic mass is 16.3. The van der Waals surface area contributed by atoms with Crippen molar-refractivity contribution in [2.45, 2.75) is 97.7 Å². The molecule has 0 saturated heterocycles. The highest BCUT2D eigenvalue weighted by Gasteiger charge is 2.50. The van der Waals surface area contributed by atoms with Crippen LogP contribution in [0.4, 0.5) is 0 Å². The molecule has 0 aromatic rings. The fraction of sp³-hybridized carbons (Fsp3) is 0.786. The zero-order valence-electron chi connectivity index (χ0n) is 20.3. The number of aliphatic hydroxyl groups excluding tert-OH is 3. The van der Waals surface area contributed by atoms with Gasteiger partial charge in [-0.25, -0.2) is 0 Å². The Kier molecular flexibility index (Phi) is 8.27. The first-order valence-electron chi connectivity index (χ1n) is 12.7. The Morgan fingerprint density at radius 1 is 1.10 bits per heavy atom. The van der Waals surface area contributed by atoms with Gasteiger partial charge < -0.3 is 15.3 Å². The molecule has 0 bridgehead atoms. The van der Waals surface area contributed by atoms with E-state index < -0.39 is 12.2 Å². The maximum Gasteiger partial charge on any atom is 0.0811 e. The van der Waals surface area contributed by atoms with Crippen LogP contribution in [0.3, 0.4) is 0 Å². The molecule has 3 nitrogen and oxygen atoms in total. The van der Waals surface area contributed by atoms with Gasteiger partial charge in [0.25, 0.3) is 0 Å². The Hall–Kier alpha value is -0.900. The van der Waals surface area contributed by atoms with Crippen molar-refractivity contribution in [3.63, 3.8) is 0 Å². The van der Waals surface area contributed by atoms with Crippen molar-refractivity contribution in [3.8, 4) is 0 Å². The van der Waals surface area contributed by atoms with E-state index in [2.05, 4.69) is 46.4 Å². The van der Waals surface area contributed by atoms with Crippen molar-refractivity contribution in [2.24, 2.45) is 35.0 Å². The summed E-state index contributed by atoms with van der Waals surface area (Å²) in [6.07, 6.45) is 13.2. The van der Waals surface area contributed by atoms with Crippen LogP contribution in [0.1, 0.15) is 85.5 Å². The van der Waals surface area contributed by atoms with Crippen LogP contribution < -0.4 is 0 Å². The summed E-state index contributed by atoms with van der Waals surface area (Å²) in [5.41, 5.74) is 3.75. The molecule has 3 heteroatoms. The Bertz CT molecular complexity index is 692. The highest BCUT2D eigenvalue weighted by molar-refractivity contribution is 5.38. The molecule has 0 aromatic carbocycles. The molecule has 0 amide bonds. The van der Waals surface area contributed by atoms with E-state index in [1.54, 1.807) is 5.57 Å². The van der Waals surface area contributed by atoms with Crippen molar-refractivity contribution in [1.82, 2.24) is 0 Å². The molecule has 176 valence electrons. The minimum absolute atomic E-state index is 0.295. The number of fused-ring (bicyclic) bond motifs is 1. The van der Waals surface area contributed by atoms with Gasteiger partial charge in [-0.2, -0.15) is 0 Å². The first kappa shape index (κ1) is 24.7. The average Bonchev–Trinajstić information content (AvgIpc) is 3.10. The van der Waals surface area contributed by atoms with Gasteiger partial charge in [-0.1, -0.05) is 64.8 Å². The monoisotopic (exact) mass is 430 g/mol. The maximum absolute atomic E-state index is 10.1. The number of hydrogen-bond donors (Lipinski definition) is 3. The van der Waals surface area contributed by atoms with Gasteiger partial charge in [0.05, 0.1) is 12.2 Å². The van der Waals surface area contributed by atoms with Gasteiger partial charge in [0.15, 0.2) is 0 Å².